The quantitative estimate of drug-likeness (QED) is 0.581. The first-order valence-corrected chi connectivity index (χ1v) is 6.37. The lowest BCUT2D eigenvalue weighted by Crippen LogP contribution is -2.09. The van der Waals surface area contributed by atoms with Crippen LogP contribution in [-0.4, -0.2) is 14.9 Å². The number of nitro benzene ring substituents is 1. The van der Waals surface area contributed by atoms with Crippen LogP contribution in [0.15, 0.2) is 47.3 Å². The SMILES string of the molecule is O=c1[nH]c(-c2ccc(Cl)c([N+](=O)[O-])c2)nc2ccccc12. The molecule has 0 aliphatic rings. The Morgan fingerprint density at radius 3 is 2.71 bits per heavy atom. The molecule has 6 nitrogen and oxygen atoms in total. The second kappa shape index (κ2) is 4.99. The first-order chi connectivity index (χ1) is 10.1. The van der Waals surface area contributed by atoms with Crippen LogP contribution in [0.4, 0.5) is 5.69 Å². The Bertz CT molecular complexity index is 921. The number of nitrogens with one attached hydrogen (secondary N) is 1. The van der Waals surface area contributed by atoms with Crippen molar-refractivity contribution in [2.45, 2.75) is 0 Å². The van der Waals surface area contributed by atoms with Crippen molar-refractivity contribution in [1.29, 1.82) is 0 Å². The summed E-state index contributed by atoms with van der Waals surface area (Å²) in [4.78, 5) is 29.3. The summed E-state index contributed by atoms with van der Waals surface area (Å²) in [6.07, 6.45) is 0. The van der Waals surface area contributed by atoms with E-state index in [0.29, 0.717) is 16.5 Å². The van der Waals surface area contributed by atoms with Gasteiger partial charge in [-0.05, 0) is 24.3 Å². The molecule has 0 amide bonds. The van der Waals surface area contributed by atoms with Crippen LogP contribution in [-0.2, 0) is 0 Å². The van der Waals surface area contributed by atoms with E-state index < -0.39 is 4.92 Å². The maximum atomic E-state index is 12.0. The van der Waals surface area contributed by atoms with E-state index in [-0.39, 0.29) is 22.1 Å². The van der Waals surface area contributed by atoms with Gasteiger partial charge in [0.2, 0.25) is 0 Å². The van der Waals surface area contributed by atoms with E-state index in [1.54, 1.807) is 30.3 Å². The monoisotopic (exact) mass is 301 g/mol. The lowest BCUT2D eigenvalue weighted by Gasteiger charge is -2.04. The normalized spacial score (nSPS) is 10.7. The summed E-state index contributed by atoms with van der Waals surface area (Å²) in [5.74, 6) is 0.262. The molecule has 0 aliphatic heterocycles. The van der Waals surface area contributed by atoms with Gasteiger partial charge in [0.1, 0.15) is 10.8 Å². The van der Waals surface area contributed by atoms with Crippen molar-refractivity contribution >= 4 is 28.2 Å². The van der Waals surface area contributed by atoms with Crippen LogP contribution >= 0.6 is 11.6 Å². The zero-order valence-corrected chi connectivity index (χ0v) is 11.3. The van der Waals surface area contributed by atoms with Crippen molar-refractivity contribution in [2.24, 2.45) is 0 Å². The topological polar surface area (TPSA) is 88.9 Å². The first-order valence-electron chi connectivity index (χ1n) is 5.99. The fourth-order valence-electron chi connectivity index (χ4n) is 2.02. The van der Waals surface area contributed by atoms with Crippen molar-refractivity contribution < 1.29 is 4.92 Å². The van der Waals surface area contributed by atoms with Gasteiger partial charge in [-0.15, -0.1) is 0 Å². The van der Waals surface area contributed by atoms with Crippen LogP contribution in [0.3, 0.4) is 0 Å². The molecular weight excluding hydrogens is 294 g/mol. The van der Waals surface area contributed by atoms with E-state index in [1.165, 1.54) is 12.1 Å². The number of halogens is 1. The zero-order valence-electron chi connectivity index (χ0n) is 10.5. The molecule has 104 valence electrons. The van der Waals surface area contributed by atoms with Crippen molar-refractivity contribution in [3.05, 3.63) is 68.0 Å². The molecule has 0 aliphatic carbocycles. The molecule has 0 unspecified atom stereocenters. The highest BCUT2D eigenvalue weighted by atomic mass is 35.5. The minimum absolute atomic E-state index is 0.0342. The summed E-state index contributed by atoms with van der Waals surface area (Å²) in [6.45, 7) is 0. The average molecular weight is 302 g/mol. The Hall–Kier alpha value is -2.73. The first kappa shape index (κ1) is 13.3. The van der Waals surface area contributed by atoms with Crippen molar-refractivity contribution in [3.63, 3.8) is 0 Å². The van der Waals surface area contributed by atoms with Gasteiger partial charge in [0, 0.05) is 11.6 Å². The fraction of sp³-hybridized carbons (Fsp3) is 0. The van der Waals surface area contributed by atoms with Crippen LogP contribution in [0.2, 0.25) is 5.02 Å². The van der Waals surface area contributed by atoms with E-state index in [9.17, 15) is 14.9 Å². The lowest BCUT2D eigenvalue weighted by molar-refractivity contribution is -0.384. The molecule has 0 saturated heterocycles. The molecule has 0 radical (unpaired) electrons. The molecular formula is C14H8ClN3O3. The van der Waals surface area contributed by atoms with Gasteiger partial charge in [-0.25, -0.2) is 4.98 Å². The molecule has 2 aromatic carbocycles. The Morgan fingerprint density at radius 1 is 1.19 bits per heavy atom. The minimum Gasteiger partial charge on any atom is -0.306 e. The van der Waals surface area contributed by atoms with Crippen LogP contribution in [0.25, 0.3) is 22.3 Å². The highest BCUT2D eigenvalue weighted by Gasteiger charge is 2.15. The highest BCUT2D eigenvalue weighted by Crippen LogP contribution is 2.28. The Labute approximate surface area is 123 Å². The molecule has 21 heavy (non-hydrogen) atoms. The standard InChI is InChI=1S/C14H8ClN3O3/c15-10-6-5-8(7-12(10)18(20)21)13-16-11-4-2-1-3-9(11)14(19)17-13/h1-7H,(H,16,17,19). The molecule has 0 saturated carbocycles. The maximum absolute atomic E-state index is 12.0. The smallest absolute Gasteiger partial charge is 0.288 e. The molecule has 0 spiro atoms. The predicted molar refractivity (Wildman–Crippen MR) is 79.5 cm³/mol. The number of hydrogen-bond donors (Lipinski definition) is 1. The zero-order chi connectivity index (χ0) is 15.0. The molecule has 0 fully saturated rings. The van der Waals surface area contributed by atoms with Crippen LogP contribution in [0, 0.1) is 10.1 Å². The molecule has 3 rings (SSSR count). The highest BCUT2D eigenvalue weighted by molar-refractivity contribution is 6.32. The third-order valence-electron chi connectivity index (χ3n) is 3.03. The fourth-order valence-corrected chi connectivity index (χ4v) is 2.21. The van der Waals surface area contributed by atoms with E-state index >= 15 is 0 Å². The van der Waals surface area contributed by atoms with Crippen molar-refractivity contribution in [2.75, 3.05) is 0 Å². The minimum atomic E-state index is -0.578. The van der Waals surface area contributed by atoms with E-state index in [0.717, 1.165) is 0 Å². The third-order valence-corrected chi connectivity index (χ3v) is 3.35. The van der Waals surface area contributed by atoms with E-state index in [4.69, 9.17) is 11.6 Å². The number of para-hydroxylation sites is 1. The number of fused-ring (bicyclic) bond motifs is 1. The maximum Gasteiger partial charge on any atom is 0.288 e. The predicted octanol–water partition coefficient (Wildman–Crippen LogP) is 3.15. The second-order valence-corrected chi connectivity index (χ2v) is 4.76. The molecule has 0 atom stereocenters. The van der Waals surface area contributed by atoms with Gasteiger partial charge in [-0.1, -0.05) is 23.7 Å². The van der Waals surface area contributed by atoms with Crippen molar-refractivity contribution in [3.8, 4) is 11.4 Å². The molecule has 1 heterocycles. The lowest BCUT2D eigenvalue weighted by atomic mass is 10.1. The van der Waals surface area contributed by atoms with E-state index in [2.05, 4.69) is 9.97 Å². The number of nitro groups is 1. The average Bonchev–Trinajstić information content (AvgIpc) is 2.47. The Kier molecular flexibility index (Phi) is 3.15. The number of H-pyrrole nitrogens is 1. The Balaban J connectivity index is 2.23. The van der Waals surface area contributed by atoms with Crippen LogP contribution in [0.1, 0.15) is 0 Å². The largest absolute Gasteiger partial charge is 0.306 e. The number of aromatic amines is 1. The summed E-state index contributed by atoms with van der Waals surface area (Å²) < 4.78 is 0. The number of nitrogens with zero attached hydrogens (tertiary/aromatic N) is 2. The summed E-state index contributed by atoms with van der Waals surface area (Å²) in [7, 11) is 0. The third kappa shape index (κ3) is 2.36. The van der Waals surface area contributed by atoms with Gasteiger partial charge in [0.05, 0.1) is 15.8 Å². The molecule has 1 aromatic heterocycles. The number of hydrogen-bond acceptors (Lipinski definition) is 4. The van der Waals surface area contributed by atoms with Crippen molar-refractivity contribution in [1.82, 2.24) is 9.97 Å². The van der Waals surface area contributed by atoms with Gasteiger partial charge in [0.15, 0.2) is 0 Å². The second-order valence-electron chi connectivity index (χ2n) is 4.35. The van der Waals surface area contributed by atoms with E-state index in [1.807, 2.05) is 0 Å². The molecule has 7 heteroatoms. The summed E-state index contributed by atoms with van der Waals surface area (Å²) in [5, 5.41) is 11.4. The number of rotatable bonds is 2. The summed E-state index contributed by atoms with van der Waals surface area (Å²) >= 11 is 5.77. The van der Waals surface area contributed by atoms with Crippen LogP contribution < -0.4 is 5.56 Å². The number of aromatic nitrogens is 2. The number of benzene rings is 2. The van der Waals surface area contributed by atoms with Gasteiger partial charge in [-0.2, -0.15) is 0 Å². The van der Waals surface area contributed by atoms with Gasteiger partial charge in [0.25, 0.3) is 11.2 Å². The van der Waals surface area contributed by atoms with Gasteiger partial charge in [-0.3, -0.25) is 14.9 Å². The molecule has 0 bridgehead atoms. The van der Waals surface area contributed by atoms with Gasteiger partial charge < -0.3 is 4.98 Å². The van der Waals surface area contributed by atoms with Crippen LogP contribution in [0.5, 0.6) is 0 Å². The summed E-state index contributed by atoms with van der Waals surface area (Å²) in [6, 6.07) is 11.1. The molecule has 1 N–H and O–H groups in total. The van der Waals surface area contributed by atoms with Gasteiger partial charge >= 0.3 is 0 Å². The Morgan fingerprint density at radius 2 is 1.95 bits per heavy atom. The summed E-state index contributed by atoms with van der Waals surface area (Å²) in [5.41, 5.74) is 0.418. The molecule has 3 aromatic rings.